The number of amides is 1. The van der Waals surface area contributed by atoms with Crippen LogP contribution in [0.4, 0.5) is 19.0 Å². The number of nitrogens with one attached hydrogen (secondary N) is 1. The number of hydrogen-bond acceptors (Lipinski definition) is 4. The molecule has 3 aromatic rings. The molecule has 6 nitrogen and oxygen atoms in total. The Kier molecular flexibility index (Phi) is 5.67. The van der Waals surface area contributed by atoms with E-state index < -0.39 is 30.2 Å². The number of halogens is 3. The second kappa shape index (κ2) is 8.17. The number of para-hydroxylation sites is 1. The molecule has 3 rings (SSSR count). The van der Waals surface area contributed by atoms with Crippen molar-refractivity contribution in [2.75, 3.05) is 11.9 Å². The number of aryl methyl sites for hydroxylation is 1. The van der Waals surface area contributed by atoms with Crippen molar-refractivity contribution < 1.29 is 27.5 Å². The second-order valence-electron chi connectivity index (χ2n) is 6.12. The van der Waals surface area contributed by atoms with Crippen molar-refractivity contribution in [3.63, 3.8) is 0 Å². The predicted octanol–water partition coefficient (Wildman–Crippen LogP) is 4.00. The minimum absolute atomic E-state index is 0.0871. The number of carbonyl (C=O) groups is 2. The molecule has 0 aliphatic rings. The van der Waals surface area contributed by atoms with Crippen molar-refractivity contribution in [3.8, 4) is 5.69 Å². The lowest BCUT2D eigenvalue weighted by Gasteiger charge is -2.10. The van der Waals surface area contributed by atoms with Crippen LogP contribution in [0, 0.1) is 6.92 Å². The maximum Gasteiger partial charge on any atom is 0.416 e. The van der Waals surface area contributed by atoms with Gasteiger partial charge in [-0.15, -0.1) is 0 Å². The summed E-state index contributed by atoms with van der Waals surface area (Å²) in [6, 6.07) is 14.3. The fourth-order valence-corrected chi connectivity index (χ4v) is 2.54. The molecule has 0 fully saturated rings. The number of carbonyl (C=O) groups excluding carboxylic acids is 2. The molecule has 0 unspecified atom stereocenters. The Bertz CT molecular complexity index is 1010. The van der Waals surface area contributed by atoms with E-state index in [1.54, 1.807) is 13.0 Å². The molecule has 1 amide bonds. The first-order valence-electron chi connectivity index (χ1n) is 8.50. The average molecular weight is 403 g/mol. The minimum Gasteiger partial charge on any atom is -0.452 e. The van der Waals surface area contributed by atoms with Gasteiger partial charge in [-0.1, -0.05) is 18.2 Å². The number of hydrogen-bond donors (Lipinski definition) is 1. The molecule has 150 valence electrons. The fraction of sp³-hybridized carbons (Fsp3) is 0.150. The minimum atomic E-state index is -4.50. The lowest BCUT2D eigenvalue weighted by Crippen LogP contribution is -2.22. The van der Waals surface area contributed by atoms with Crippen molar-refractivity contribution in [2.45, 2.75) is 13.1 Å². The van der Waals surface area contributed by atoms with Crippen LogP contribution in [0.2, 0.25) is 0 Å². The van der Waals surface area contributed by atoms with E-state index in [-0.39, 0.29) is 5.56 Å². The van der Waals surface area contributed by atoms with Gasteiger partial charge in [0.1, 0.15) is 5.82 Å². The SMILES string of the molecule is Cc1cc(NC(=O)COC(=O)c2ccc(C(F)(F)F)cc2)n(-c2ccccc2)n1. The molecular weight excluding hydrogens is 387 g/mol. The molecule has 1 N–H and O–H groups in total. The van der Waals surface area contributed by atoms with Crippen LogP contribution in [0.5, 0.6) is 0 Å². The summed E-state index contributed by atoms with van der Waals surface area (Å²) in [5, 5.41) is 6.91. The van der Waals surface area contributed by atoms with Gasteiger partial charge in [0, 0.05) is 6.07 Å². The molecule has 1 heterocycles. The predicted molar refractivity (Wildman–Crippen MR) is 98.7 cm³/mol. The molecule has 0 aliphatic heterocycles. The third-order valence-corrected chi connectivity index (χ3v) is 3.88. The number of aromatic nitrogens is 2. The first-order chi connectivity index (χ1) is 13.7. The lowest BCUT2D eigenvalue weighted by molar-refractivity contribution is -0.137. The van der Waals surface area contributed by atoms with Crippen molar-refractivity contribution >= 4 is 17.7 Å². The van der Waals surface area contributed by atoms with E-state index in [0.29, 0.717) is 11.5 Å². The molecular formula is C20H16F3N3O3. The van der Waals surface area contributed by atoms with Gasteiger partial charge in [0.15, 0.2) is 6.61 Å². The summed E-state index contributed by atoms with van der Waals surface area (Å²) in [5.74, 6) is -1.12. The molecule has 0 radical (unpaired) electrons. The van der Waals surface area contributed by atoms with Crippen molar-refractivity contribution in [1.29, 1.82) is 0 Å². The third kappa shape index (κ3) is 5.01. The quantitative estimate of drug-likeness (QED) is 0.654. The van der Waals surface area contributed by atoms with Crippen LogP contribution < -0.4 is 5.32 Å². The normalized spacial score (nSPS) is 11.2. The van der Waals surface area contributed by atoms with Crippen molar-refractivity contribution in [2.24, 2.45) is 0 Å². The summed E-state index contributed by atoms with van der Waals surface area (Å²) in [6.45, 7) is 1.17. The molecule has 0 atom stereocenters. The number of nitrogens with zero attached hydrogens (tertiary/aromatic N) is 2. The highest BCUT2D eigenvalue weighted by molar-refractivity contribution is 5.95. The number of alkyl halides is 3. The molecule has 9 heteroatoms. The fourth-order valence-electron chi connectivity index (χ4n) is 2.54. The zero-order valence-electron chi connectivity index (χ0n) is 15.2. The van der Waals surface area contributed by atoms with Crippen molar-refractivity contribution in [1.82, 2.24) is 9.78 Å². The van der Waals surface area contributed by atoms with Crippen LogP contribution in [-0.4, -0.2) is 28.3 Å². The van der Waals surface area contributed by atoms with Crippen LogP contribution in [0.15, 0.2) is 60.7 Å². The number of rotatable bonds is 5. The van der Waals surface area contributed by atoms with Gasteiger partial charge in [0.2, 0.25) is 0 Å². The summed E-state index contributed by atoms with van der Waals surface area (Å²) < 4.78 is 44.1. The van der Waals surface area contributed by atoms with Crippen LogP contribution in [0.1, 0.15) is 21.6 Å². The van der Waals surface area contributed by atoms with Crippen molar-refractivity contribution in [3.05, 3.63) is 77.5 Å². The maximum absolute atomic E-state index is 12.6. The molecule has 29 heavy (non-hydrogen) atoms. The van der Waals surface area contributed by atoms with E-state index in [1.165, 1.54) is 4.68 Å². The van der Waals surface area contributed by atoms with E-state index in [2.05, 4.69) is 10.4 Å². The monoisotopic (exact) mass is 403 g/mol. The summed E-state index contributed by atoms with van der Waals surface area (Å²) in [7, 11) is 0. The smallest absolute Gasteiger partial charge is 0.416 e. The van der Waals surface area contributed by atoms with Gasteiger partial charge < -0.3 is 10.1 Å². The number of esters is 1. The van der Waals surface area contributed by atoms with Crippen LogP contribution in [0.3, 0.4) is 0 Å². The highest BCUT2D eigenvalue weighted by Gasteiger charge is 2.30. The van der Waals surface area contributed by atoms with E-state index in [4.69, 9.17) is 4.74 Å². The van der Waals surface area contributed by atoms with E-state index in [9.17, 15) is 22.8 Å². The first kappa shape index (κ1) is 20.1. The summed E-state index contributed by atoms with van der Waals surface area (Å²) in [6.07, 6.45) is -4.50. The van der Waals surface area contributed by atoms with E-state index >= 15 is 0 Å². The van der Waals surface area contributed by atoms with Crippen LogP contribution >= 0.6 is 0 Å². The first-order valence-corrected chi connectivity index (χ1v) is 8.50. The van der Waals surface area contributed by atoms with Gasteiger partial charge >= 0.3 is 12.1 Å². The van der Waals surface area contributed by atoms with Gasteiger partial charge in [-0.3, -0.25) is 4.79 Å². The molecule has 2 aromatic carbocycles. The Morgan fingerprint density at radius 2 is 1.72 bits per heavy atom. The van der Waals surface area contributed by atoms with Gasteiger partial charge in [-0.05, 0) is 43.3 Å². The number of ether oxygens (including phenoxy) is 1. The third-order valence-electron chi connectivity index (χ3n) is 3.88. The van der Waals surface area contributed by atoms with E-state index in [0.717, 1.165) is 30.0 Å². The summed E-state index contributed by atoms with van der Waals surface area (Å²) in [5.41, 5.74) is 0.441. The van der Waals surface area contributed by atoms with Gasteiger partial charge in [-0.2, -0.15) is 18.3 Å². The van der Waals surface area contributed by atoms with Gasteiger partial charge in [0.25, 0.3) is 5.91 Å². The second-order valence-corrected chi connectivity index (χ2v) is 6.12. The lowest BCUT2D eigenvalue weighted by atomic mass is 10.1. The Balaban J connectivity index is 1.61. The average Bonchev–Trinajstić information content (AvgIpc) is 3.06. The summed E-state index contributed by atoms with van der Waals surface area (Å²) >= 11 is 0. The summed E-state index contributed by atoms with van der Waals surface area (Å²) in [4.78, 5) is 24.1. The highest BCUT2D eigenvalue weighted by atomic mass is 19.4. The molecule has 0 aliphatic carbocycles. The maximum atomic E-state index is 12.6. The zero-order valence-corrected chi connectivity index (χ0v) is 15.2. The van der Waals surface area contributed by atoms with Crippen LogP contribution in [-0.2, 0) is 15.7 Å². The largest absolute Gasteiger partial charge is 0.452 e. The molecule has 0 saturated heterocycles. The van der Waals surface area contributed by atoms with Crippen LogP contribution in [0.25, 0.3) is 5.69 Å². The Hall–Kier alpha value is -3.62. The molecule has 1 aromatic heterocycles. The zero-order chi connectivity index (χ0) is 21.0. The number of benzene rings is 2. The molecule has 0 spiro atoms. The molecule has 0 saturated carbocycles. The Morgan fingerprint density at radius 3 is 2.34 bits per heavy atom. The standard InChI is InChI=1S/C20H16F3N3O3/c1-13-11-17(26(25-13)16-5-3-2-4-6-16)24-18(27)12-29-19(28)14-7-9-15(10-8-14)20(21,22)23/h2-11H,12H2,1H3,(H,24,27). The Labute approximate surface area is 163 Å². The van der Waals surface area contributed by atoms with Gasteiger partial charge in [-0.25, -0.2) is 9.48 Å². The molecule has 0 bridgehead atoms. The highest BCUT2D eigenvalue weighted by Crippen LogP contribution is 2.29. The van der Waals surface area contributed by atoms with E-state index in [1.807, 2.05) is 30.3 Å². The topological polar surface area (TPSA) is 73.2 Å². The Morgan fingerprint density at radius 1 is 1.07 bits per heavy atom. The van der Waals surface area contributed by atoms with Gasteiger partial charge in [0.05, 0.1) is 22.5 Å². The number of anilines is 1.